The van der Waals surface area contributed by atoms with E-state index in [-0.39, 0.29) is 0 Å². The van der Waals surface area contributed by atoms with Crippen molar-refractivity contribution in [1.29, 1.82) is 0 Å². The van der Waals surface area contributed by atoms with E-state index >= 15 is 0 Å². The van der Waals surface area contributed by atoms with E-state index in [0.29, 0.717) is 16.4 Å². The second-order valence-electron chi connectivity index (χ2n) is 8.47. The van der Waals surface area contributed by atoms with Crippen molar-refractivity contribution in [2.24, 2.45) is 0 Å². The van der Waals surface area contributed by atoms with Gasteiger partial charge in [-0.1, -0.05) is 35.9 Å². The number of hydrogen-bond donors (Lipinski definition) is 1. The Morgan fingerprint density at radius 3 is 2.32 bits per heavy atom. The van der Waals surface area contributed by atoms with Crippen molar-refractivity contribution in [2.75, 3.05) is 11.9 Å². The molecule has 0 bridgehead atoms. The van der Waals surface area contributed by atoms with Crippen LogP contribution in [0.25, 0.3) is 16.9 Å². The van der Waals surface area contributed by atoms with E-state index in [9.17, 15) is 19.2 Å². The molecule has 3 aromatic rings. The van der Waals surface area contributed by atoms with Gasteiger partial charge in [0.1, 0.15) is 12.4 Å². The van der Waals surface area contributed by atoms with Gasteiger partial charge in [0.05, 0.1) is 11.4 Å². The maximum atomic E-state index is 12.9. The highest BCUT2D eigenvalue weighted by Gasteiger charge is 2.46. The summed E-state index contributed by atoms with van der Waals surface area (Å²) >= 11 is 0. The van der Waals surface area contributed by atoms with Crippen LogP contribution in [0.4, 0.5) is 10.6 Å². The van der Waals surface area contributed by atoms with E-state index in [1.165, 1.54) is 0 Å². The van der Waals surface area contributed by atoms with Crippen molar-refractivity contribution in [2.45, 2.75) is 33.7 Å². The lowest BCUT2D eigenvalue weighted by atomic mass is 10.0. The maximum Gasteiger partial charge on any atom is 0.334 e. The maximum absolute atomic E-state index is 12.9. The molecule has 1 N–H and O–H groups in total. The highest BCUT2D eigenvalue weighted by atomic mass is 16.2. The number of amides is 5. The second kappa shape index (κ2) is 8.93. The Balaban J connectivity index is 1.65. The van der Waals surface area contributed by atoms with Gasteiger partial charge in [0, 0.05) is 17.7 Å². The van der Waals surface area contributed by atoms with Crippen molar-refractivity contribution in [3.8, 4) is 16.9 Å². The van der Waals surface area contributed by atoms with Crippen molar-refractivity contribution in [3.63, 3.8) is 0 Å². The van der Waals surface area contributed by atoms with Crippen LogP contribution >= 0.6 is 0 Å². The smallest absolute Gasteiger partial charge is 0.309 e. The molecule has 0 saturated carbocycles. The van der Waals surface area contributed by atoms with Crippen molar-refractivity contribution in [1.82, 2.24) is 19.6 Å². The molecule has 0 unspecified atom stereocenters. The third kappa shape index (κ3) is 4.19. The first-order valence-electron chi connectivity index (χ1n) is 10.9. The zero-order valence-electron chi connectivity index (χ0n) is 19.4. The monoisotopic (exact) mass is 459 g/mol. The molecule has 0 spiro atoms. The normalized spacial score (nSPS) is 13.9. The average Bonchev–Trinajstić information content (AvgIpc) is 3.30. The Bertz CT molecular complexity index is 1300. The molecule has 0 radical (unpaired) electrons. The summed E-state index contributed by atoms with van der Waals surface area (Å²) in [5.74, 6) is -2.19. The van der Waals surface area contributed by atoms with Crippen LogP contribution in [-0.4, -0.2) is 55.9 Å². The minimum absolute atomic E-state index is 0.373. The first-order chi connectivity index (χ1) is 16.2. The van der Waals surface area contributed by atoms with E-state index in [4.69, 9.17) is 5.10 Å². The topological polar surface area (TPSA) is 105 Å². The van der Waals surface area contributed by atoms with Crippen LogP contribution in [0.1, 0.15) is 25.0 Å². The number of aromatic nitrogens is 2. The Morgan fingerprint density at radius 1 is 0.971 bits per heavy atom. The van der Waals surface area contributed by atoms with Crippen molar-refractivity contribution < 1.29 is 19.2 Å². The number of urea groups is 1. The summed E-state index contributed by atoms with van der Waals surface area (Å²) in [6, 6.07) is 15.8. The average molecular weight is 460 g/mol. The predicted octanol–water partition coefficient (Wildman–Crippen LogP) is 3.29. The van der Waals surface area contributed by atoms with E-state index in [1.807, 2.05) is 62.4 Å². The largest absolute Gasteiger partial charge is 0.334 e. The lowest BCUT2D eigenvalue weighted by Gasteiger charge is -2.18. The number of carbonyl (C=O) groups excluding carboxylic acids is 4. The molecule has 2 heterocycles. The molecule has 0 aliphatic carbocycles. The summed E-state index contributed by atoms with van der Waals surface area (Å²) in [6.45, 7) is 6.65. The molecule has 1 saturated heterocycles. The van der Waals surface area contributed by atoms with E-state index in [2.05, 4.69) is 5.32 Å². The SMILES string of the molecule is Cc1ccc(C)c(-c2cc(NC(=O)CN3C(=O)C(=O)N(C(C)C)C3=O)n(-c3ccccc3)n2)c1. The van der Waals surface area contributed by atoms with E-state index in [0.717, 1.165) is 27.3 Å². The number of hydrogen-bond acceptors (Lipinski definition) is 5. The van der Waals surface area contributed by atoms with Gasteiger partial charge in [-0.2, -0.15) is 5.10 Å². The van der Waals surface area contributed by atoms with Gasteiger partial charge < -0.3 is 5.32 Å². The van der Waals surface area contributed by atoms with Gasteiger partial charge >= 0.3 is 17.8 Å². The minimum atomic E-state index is -1.01. The number of nitrogens with one attached hydrogen (secondary N) is 1. The summed E-state index contributed by atoms with van der Waals surface area (Å²) < 4.78 is 1.59. The van der Waals surface area contributed by atoms with Gasteiger partial charge in [-0.25, -0.2) is 14.4 Å². The van der Waals surface area contributed by atoms with Gasteiger partial charge in [-0.3, -0.25) is 19.3 Å². The van der Waals surface area contributed by atoms with Crippen molar-refractivity contribution >= 4 is 29.6 Å². The van der Waals surface area contributed by atoms with E-state index in [1.54, 1.807) is 24.6 Å². The number of rotatable bonds is 6. The summed E-state index contributed by atoms with van der Waals surface area (Å²) in [5.41, 5.74) is 4.42. The fourth-order valence-corrected chi connectivity index (χ4v) is 3.82. The molecule has 9 heteroatoms. The number of aryl methyl sites for hydroxylation is 2. The molecule has 1 fully saturated rings. The molecule has 2 aromatic carbocycles. The van der Waals surface area contributed by atoms with Gasteiger partial charge in [0.25, 0.3) is 0 Å². The lowest BCUT2D eigenvalue weighted by molar-refractivity contribution is -0.144. The lowest BCUT2D eigenvalue weighted by Crippen LogP contribution is -2.40. The number of benzene rings is 2. The standard InChI is InChI=1S/C25H25N5O4/c1-15(2)29-24(33)23(32)28(25(29)34)14-22(31)26-21-13-20(19-12-16(3)10-11-17(19)4)27-30(21)18-8-6-5-7-9-18/h5-13,15H,14H2,1-4H3,(H,26,31). The predicted molar refractivity (Wildman–Crippen MR) is 126 cm³/mol. The molecule has 0 atom stereocenters. The molecule has 4 rings (SSSR count). The first-order valence-corrected chi connectivity index (χ1v) is 10.9. The Kier molecular flexibility index (Phi) is 6.02. The number of imide groups is 2. The highest BCUT2D eigenvalue weighted by molar-refractivity contribution is 6.45. The van der Waals surface area contributed by atoms with E-state index < -0.39 is 36.3 Å². The van der Waals surface area contributed by atoms with Gasteiger partial charge in [0.15, 0.2) is 0 Å². The Labute approximate surface area is 197 Å². The fraction of sp³-hybridized carbons (Fsp3) is 0.240. The Hall–Kier alpha value is -4.27. The summed E-state index contributed by atoms with van der Waals surface area (Å²) in [7, 11) is 0. The van der Waals surface area contributed by atoms with Crippen LogP contribution in [0.3, 0.4) is 0 Å². The molecule has 9 nitrogen and oxygen atoms in total. The van der Waals surface area contributed by atoms with Crippen LogP contribution in [-0.2, 0) is 14.4 Å². The third-order valence-corrected chi connectivity index (χ3v) is 5.55. The molecule has 5 amide bonds. The fourth-order valence-electron chi connectivity index (χ4n) is 3.82. The second-order valence-corrected chi connectivity index (χ2v) is 8.47. The van der Waals surface area contributed by atoms with Crippen LogP contribution in [0, 0.1) is 13.8 Å². The molecule has 34 heavy (non-hydrogen) atoms. The molecule has 1 aromatic heterocycles. The van der Waals surface area contributed by atoms with Crippen LogP contribution in [0.15, 0.2) is 54.6 Å². The minimum Gasteiger partial charge on any atom is -0.309 e. The highest BCUT2D eigenvalue weighted by Crippen LogP contribution is 2.28. The summed E-state index contributed by atoms with van der Waals surface area (Å²) in [4.78, 5) is 51.3. The van der Waals surface area contributed by atoms with Crippen LogP contribution in [0.5, 0.6) is 0 Å². The third-order valence-electron chi connectivity index (χ3n) is 5.55. The number of para-hydroxylation sites is 1. The first kappa shape index (κ1) is 22.9. The van der Waals surface area contributed by atoms with Gasteiger partial charge in [-0.05, 0) is 51.5 Å². The van der Waals surface area contributed by atoms with Crippen LogP contribution in [0.2, 0.25) is 0 Å². The van der Waals surface area contributed by atoms with Crippen LogP contribution < -0.4 is 5.32 Å². The number of nitrogens with zero attached hydrogens (tertiary/aromatic N) is 4. The number of carbonyl (C=O) groups is 4. The van der Waals surface area contributed by atoms with Gasteiger partial charge in [0.2, 0.25) is 5.91 Å². The Morgan fingerprint density at radius 2 is 1.68 bits per heavy atom. The zero-order valence-corrected chi connectivity index (χ0v) is 19.4. The molecular weight excluding hydrogens is 434 g/mol. The quantitative estimate of drug-likeness (QED) is 0.450. The zero-order chi connectivity index (χ0) is 24.6. The molecule has 1 aliphatic rings. The molecular formula is C25H25N5O4. The number of anilines is 1. The molecule has 174 valence electrons. The van der Waals surface area contributed by atoms with Crippen molar-refractivity contribution in [3.05, 3.63) is 65.7 Å². The summed E-state index contributed by atoms with van der Waals surface area (Å²) in [6.07, 6.45) is 0. The summed E-state index contributed by atoms with van der Waals surface area (Å²) in [5, 5.41) is 7.45. The molecule has 1 aliphatic heterocycles. The van der Waals surface area contributed by atoms with Gasteiger partial charge in [-0.15, -0.1) is 0 Å².